The molecule has 3 rings (SSSR count). The number of carbonyl (C=O) groups is 1. The third kappa shape index (κ3) is 3.70. The standard InChI is InChI=1S/C19H20FNO2/c1-2-10-21(11-9-16-4-3-12-23-16)19(22)18-13-17(18)14-5-7-15(20)8-6-14/h2-8,12,17-18H,1,9-11,13H2/t17-,18+/m1/s1. The van der Waals surface area contributed by atoms with Gasteiger partial charge in [0.1, 0.15) is 11.6 Å². The summed E-state index contributed by atoms with van der Waals surface area (Å²) >= 11 is 0. The summed E-state index contributed by atoms with van der Waals surface area (Å²) in [4.78, 5) is 14.5. The molecule has 0 saturated heterocycles. The minimum Gasteiger partial charge on any atom is -0.469 e. The van der Waals surface area contributed by atoms with Crippen molar-refractivity contribution >= 4 is 5.91 Å². The van der Waals surface area contributed by atoms with E-state index in [0.29, 0.717) is 19.5 Å². The fourth-order valence-electron chi connectivity index (χ4n) is 2.93. The van der Waals surface area contributed by atoms with E-state index in [1.165, 1.54) is 12.1 Å². The van der Waals surface area contributed by atoms with E-state index in [4.69, 9.17) is 4.42 Å². The van der Waals surface area contributed by atoms with Crippen molar-refractivity contribution < 1.29 is 13.6 Å². The molecule has 1 saturated carbocycles. The number of amides is 1. The first-order valence-electron chi connectivity index (χ1n) is 7.86. The summed E-state index contributed by atoms with van der Waals surface area (Å²) in [5.74, 6) is 0.976. The Hall–Kier alpha value is -2.36. The third-order valence-electron chi connectivity index (χ3n) is 4.28. The molecule has 2 aromatic rings. The van der Waals surface area contributed by atoms with Gasteiger partial charge >= 0.3 is 0 Å². The monoisotopic (exact) mass is 313 g/mol. The van der Waals surface area contributed by atoms with Gasteiger partial charge in [-0.3, -0.25) is 4.79 Å². The van der Waals surface area contributed by atoms with Crippen LogP contribution >= 0.6 is 0 Å². The maximum absolute atomic E-state index is 13.0. The molecule has 0 unspecified atom stereocenters. The summed E-state index contributed by atoms with van der Waals surface area (Å²) in [7, 11) is 0. The van der Waals surface area contributed by atoms with Crippen LogP contribution in [0.5, 0.6) is 0 Å². The van der Waals surface area contributed by atoms with Gasteiger partial charge in [0.15, 0.2) is 0 Å². The molecule has 0 bridgehead atoms. The van der Waals surface area contributed by atoms with E-state index < -0.39 is 0 Å². The highest BCUT2D eigenvalue weighted by Gasteiger charge is 2.45. The third-order valence-corrected chi connectivity index (χ3v) is 4.28. The van der Waals surface area contributed by atoms with Crippen LogP contribution < -0.4 is 0 Å². The Morgan fingerprint density at radius 1 is 1.35 bits per heavy atom. The second kappa shape index (κ2) is 6.82. The summed E-state index contributed by atoms with van der Waals surface area (Å²) in [5, 5.41) is 0. The van der Waals surface area contributed by atoms with Gasteiger partial charge in [0, 0.05) is 25.4 Å². The first-order valence-corrected chi connectivity index (χ1v) is 7.86. The molecule has 1 amide bonds. The lowest BCUT2D eigenvalue weighted by molar-refractivity contribution is -0.132. The van der Waals surface area contributed by atoms with E-state index in [1.807, 2.05) is 17.0 Å². The van der Waals surface area contributed by atoms with Crippen LogP contribution in [0.2, 0.25) is 0 Å². The first-order chi connectivity index (χ1) is 11.2. The molecule has 0 N–H and O–H groups in total. The van der Waals surface area contributed by atoms with Crippen LogP contribution in [0, 0.1) is 11.7 Å². The van der Waals surface area contributed by atoms with Gasteiger partial charge in [0.05, 0.1) is 6.26 Å². The average Bonchev–Trinajstić information content (AvgIpc) is 3.18. The van der Waals surface area contributed by atoms with Crippen LogP contribution in [0.1, 0.15) is 23.7 Å². The van der Waals surface area contributed by atoms with E-state index in [2.05, 4.69) is 6.58 Å². The molecular weight excluding hydrogens is 293 g/mol. The van der Waals surface area contributed by atoms with Crippen molar-refractivity contribution in [2.45, 2.75) is 18.8 Å². The zero-order valence-electron chi connectivity index (χ0n) is 13.0. The van der Waals surface area contributed by atoms with Crippen LogP contribution in [0.3, 0.4) is 0 Å². The van der Waals surface area contributed by atoms with Crippen LogP contribution in [0.15, 0.2) is 59.7 Å². The lowest BCUT2D eigenvalue weighted by atomic mass is 10.1. The average molecular weight is 313 g/mol. The van der Waals surface area contributed by atoms with Crippen molar-refractivity contribution in [2.24, 2.45) is 5.92 Å². The summed E-state index contributed by atoms with van der Waals surface area (Å²) in [5.41, 5.74) is 1.04. The minimum atomic E-state index is -0.246. The molecule has 1 aliphatic rings. The minimum absolute atomic E-state index is 0.00277. The van der Waals surface area contributed by atoms with E-state index in [9.17, 15) is 9.18 Å². The van der Waals surface area contributed by atoms with E-state index in [0.717, 1.165) is 17.7 Å². The van der Waals surface area contributed by atoms with Gasteiger partial charge in [0.2, 0.25) is 5.91 Å². The van der Waals surface area contributed by atoms with Gasteiger partial charge in [-0.05, 0) is 42.2 Å². The van der Waals surface area contributed by atoms with Crippen LogP contribution in [0.4, 0.5) is 4.39 Å². The molecule has 1 heterocycles. The number of hydrogen-bond acceptors (Lipinski definition) is 2. The van der Waals surface area contributed by atoms with Crippen molar-refractivity contribution in [3.63, 3.8) is 0 Å². The first kappa shape index (κ1) is 15.5. The highest BCUT2D eigenvalue weighted by Crippen LogP contribution is 2.48. The molecule has 4 heteroatoms. The van der Waals surface area contributed by atoms with Crippen LogP contribution in [0.25, 0.3) is 0 Å². The van der Waals surface area contributed by atoms with Gasteiger partial charge in [-0.15, -0.1) is 6.58 Å². The zero-order valence-corrected chi connectivity index (χ0v) is 13.0. The summed E-state index contributed by atoms with van der Waals surface area (Å²) in [6.45, 7) is 4.89. The van der Waals surface area contributed by atoms with E-state index in [1.54, 1.807) is 24.5 Å². The number of rotatable bonds is 7. The molecule has 120 valence electrons. The van der Waals surface area contributed by atoms with E-state index in [-0.39, 0.29) is 23.6 Å². The van der Waals surface area contributed by atoms with E-state index >= 15 is 0 Å². The Morgan fingerprint density at radius 2 is 2.13 bits per heavy atom. The van der Waals surface area contributed by atoms with Gasteiger partial charge in [-0.25, -0.2) is 4.39 Å². The lowest BCUT2D eigenvalue weighted by Gasteiger charge is -2.21. The fourth-order valence-corrected chi connectivity index (χ4v) is 2.93. The second-order valence-corrected chi connectivity index (χ2v) is 5.90. The van der Waals surface area contributed by atoms with Crippen molar-refractivity contribution in [3.8, 4) is 0 Å². The van der Waals surface area contributed by atoms with Gasteiger partial charge in [-0.1, -0.05) is 18.2 Å². The molecule has 1 fully saturated rings. The van der Waals surface area contributed by atoms with Crippen molar-refractivity contribution in [1.29, 1.82) is 0 Å². The van der Waals surface area contributed by atoms with Gasteiger partial charge in [0.25, 0.3) is 0 Å². The molecular formula is C19H20FNO2. The fraction of sp³-hybridized carbons (Fsp3) is 0.316. The highest BCUT2D eigenvalue weighted by atomic mass is 19.1. The van der Waals surface area contributed by atoms with Crippen molar-refractivity contribution in [1.82, 2.24) is 4.90 Å². The molecule has 23 heavy (non-hydrogen) atoms. The number of benzene rings is 1. The topological polar surface area (TPSA) is 33.5 Å². The predicted octanol–water partition coefficient (Wildman–Crippen LogP) is 3.78. The Labute approximate surface area is 135 Å². The smallest absolute Gasteiger partial charge is 0.226 e. The Morgan fingerprint density at radius 3 is 2.78 bits per heavy atom. The Balaban J connectivity index is 1.60. The van der Waals surface area contributed by atoms with Gasteiger partial charge < -0.3 is 9.32 Å². The normalized spacial score (nSPS) is 19.3. The molecule has 1 aromatic heterocycles. The molecule has 3 nitrogen and oxygen atoms in total. The van der Waals surface area contributed by atoms with Crippen molar-refractivity contribution in [2.75, 3.05) is 13.1 Å². The SMILES string of the molecule is C=CCN(CCc1ccco1)C(=O)[C@H]1C[C@@H]1c1ccc(F)cc1. The Kier molecular flexibility index (Phi) is 4.60. The molecule has 0 radical (unpaired) electrons. The summed E-state index contributed by atoms with van der Waals surface area (Å²) in [6.07, 6.45) is 4.91. The largest absolute Gasteiger partial charge is 0.469 e. The predicted molar refractivity (Wildman–Crippen MR) is 86.4 cm³/mol. The number of nitrogens with zero attached hydrogens (tertiary/aromatic N) is 1. The summed E-state index contributed by atoms with van der Waals surface area (Å²) in [6, 6.07) is 10.2. The number of furan rings is 1. The highest BCUT2D eigenvalue weighted by molar-refractivity contribution is 5.83. The quantitative estimate of drug-likeness (QED) is 0.729. The number of carbonyl (C=O) groups excluding carboxylic acids is 1. The molecule has 1 aliphatic carbocycles. The maximum Gasteiger partial charge on any atom is 0.226 e. The van der Waals surface area contributed by atoms with Crippen LogP contribution in [-0.4, -0.2) is 23.9 Å². The lowest BCUT2D eigenvalue weighted by Crippen LogP contribution is -2.34. The maximum atomic E-state index is 13.0. The zero-order chi connectivity index (χ0) is 16.2. The second-order valence-electron chi connectivity index (χ2n) is 5.90. The number of hydrogen-bond donors (Lipinski definition) is 0. The number of halogens is 1. The molecule has 1 aromatic carbocycles. The van der Waals surface area contributed by atoms with Gasteiger partial charge in [-0.2, -0.15) is 0 Å². The van der Waals surface area contributed by atoms with Crippen molar-refractivity contribution in [3.05, 3.63) is 72.5 Å². The summed E-state index contributed by atoms with van der Waals surface area (Å²) < 4.78 is 18.3. The molecule has 0 aliphatic heterocycles. The van der Waals surface area contributed by atoms with Crippen LogP contribution in [-0.2, 0) is 11.2 Å². The Bertz CT molecular complexity index is 663. The molecule has 2 atom stereocenters. The molecule has 0 spiro atoms.